The third kappa shape index (κ3) is 2.82. The summed E-state index contributed by atoms with van der Waals surface area (Å²) in [4.78, 5) is 0. The predicted octanol–water partition coefficient (Wildman–Crippen LogP) is 5.54. The van der Waals surface area contributed by atoms with Crippen LogP contribution in [0.15, 0.2) is 47.1 Å². The van der Waals surface area contributed by atoms with Gasteiger partial charge in [-0.15, -0.1) is 0 Å². The van der Waals surface area contributed by atoms with E-state index in [0.717, 1.165) is 0 Å². The smallest absolute Gasteiger partial charge is 0.119 e. The summed E-state index contributed by atoms with van der Waals surface area (Å²) in [6.45, 7) is 4.44. The molecule has 0 nitrogen and oxygen atoms in total. The fraction of sp³-hybridized carbons (Fsp3) is 0.579. The van der Waals surface area contributed by atoms with Gasteiger partial charge in [0.05, 0.1) is 0 Å². The molecule has 0 saturated carbocycles. The monoisotopic (exact) mass is 272 g/mol. The molecule has 0 aromatic rings. The van der Waals surface area contributed by atoms with Crippen molar-refractivity contribution in [1.29, 1.82) is 0 Å². The summed E-state index contributed by atoms with van der Waals surface area (Å²) >= 11 is 0. The van der Waals surface area contributed by atoms with Crippen LogP contribution in [0.25, 0.3) is 0 Å². The van der Waals surface area contributed by atoms with Crippen LogP contribution >= 0.6 is 0 Å². The highest BCUT2D eigenvalue weighted by Crippen LogP contribution is 2.45. The third-order valence-electron chi connectivity index (χ3n) is 5.20. The number of alkyl halides is 1. The first kappa shape index (κ1) is 13.9. The molecule has 3 aliphatic rings. The minimum absolute atomic E-state index is 0.410. The summed E-state index contributed by atoms with van der Waals surface area (Å²) in [5.74, 6) is 1.64. The molecule has 108 valence electrons. The molecule has 0 aliphatic heterocycles. The van der Waals surface area contributed by atoms with Crippen molar-refractivity contribution >= 4 is 0 Å². The minimum atomic E-state index is -0.723. The second-order valence-electron chi connectivity index (χ2n) is 6.83. The predicted molar refractivity (Wildman–Crippen MR) is 83.2 cm³/mol. The molecule has 0 fully saturated rings. The van der Waals surface area contributed by atoms with Crippen LogP contribution in [-0.2, 0) is 0 Å². The lowest BCUT2D eigenvalue weighted by atomic mass is 9.72. The van der Waals surface area contributed by atoms with Crippen molar-refractivity contribution in [3.8, 4) is 0 Å². The zero-order chi connectivity index (χ0) is 14.1. The van der Waals surface area contributed by atoms with E-state index in [0.29, 0.717) is 24.2 Å². The lowest BCUT2D eigenvalue weighted by Gasteiger charge is -2.32. The summed E-state index contributed by atoms with van der Waals surface area (Å²) in [6, 6.07) is 0. The topological polar surface area (TPSA) is 0 Å². The fourth-order valence-electron chi connectivity index (χ4n) is 4.12. The normalized spacial score (nSPS) is 34.8. The molecule has 4 atom stereocenters. The van der Waals surface area contributed by atoms with Gasteiger partial charge in [0.2, 0.25) is 0 Å². The Morgan fingerprint density at radius 1 is 1.10 bits per heavy atom. The molecular formula is C19H25F. The van der Waals surface area contributed by atoms with E-state index in [-0.39, 0.29) is 0 Å². The van der Waals surface area contributed by atoms with Crippen LogP contribution in [-0.4, -0.2) is 6.17 Å². The SMILES string of the molecule is CC1=CC=C(C(C2C=CC(F)C2)C2CC=C(C)C2)CC1. The van der Waals surface area contributed by atoms with Gasteiger partial charge in [-0.05, 0) is 63.7 Å². The maximum Gasteiger partial charge on any atom is 0.119 e. The van der Waals surface area contributed by atoms with Crippen molar-refractivity contribution in [3.05, 3.63) is 47.1 Å². The zero-order valence-corrected chi connectivity index (χ0v) is 12.6. The molecule has 3 rings (SSSR count). The minimum Gasteiger partial charge on any atom is -0.243 e. The molecular weight excluding hydrogens is 247 g/mol. The van der Waals surface area contributed by atoms with Crippen LogP contribution in [0.2, 0.25) is 0 Å². The fourth-order valence-corrected chi connectivity index (χ4v) is 4.12. The Morgan fingerprint density at radius 3 is 2.50 bits per heavy atom. The van der Waals surface area contributed by atoms with Gasteiger partial charge in [-0.2, -0.15) is 0 Å². The van der Waals surface area contributed by atoms with Gasteiger partial charge in [-0.25, -0.2) is 4.39 Å². The van der Waals surface area contributed by atoms with Crippen LogP contribution in [0.4, 0.5) is 4.39 Å². The molecule has 1 heteroatoms. The van der Waals surface area contributed by atoms with Crippen LogP contribution in [0, 0.1) is 17.8 Å². The molecule has 0 N–H and O–H groups in total. The molecule has 0 heterocycles. The maximum absolute atomic E-state index is 13.6. The van der Waals surface area contributed by atoms with E-state index >= 15 is 0 Å². The van der Waals surface area contributed by atoms with Gasteiger partial charge in [-0.3, -0.25) is 0 Å². The van der Waals surface area contributed by atoms with Crippen molar-refractivity contribution in [2.24, 2.45) is 17.8 Å². The number of rotatable bonds is 3. The second-order valence-corrected chi connectivity index (χ2v) is 6.83. The Hall–Kier alpha value is -1.11. The molecule has 3 aliphatic carbocycles. The number of halogens is 1. The molecule has 0 bridgehead atoms. The zero-order valence-electron chi connectivity index (χ0n) is 12.6. The second kappa shape index (κ2) is 5.71. The van der Waals surface area contributed by atoms with Gasteiger partial charge in [-0.1, -0.05) is 47.1 Å². The molecule has 0 aromatic heterocycles. The Balaban J connectivity index is 1.82. The Bertz CT molecular complexity index is 492. The van der Waals surface area contributed by atoms with Gasteiger partial charge in [0, 0.05) is 0 Å². The van der Waals surface area contributed by atoms with E-state index < -0.39 is 6.17 Å². The van der Waals surface area contributed by atoms with E-state index in [9.17, 15) is 4.39 Å². The highest BCUT2D eigenvalue weighted by atomic mass is 19.1. The molecule has 0 amide bonds. The number of hydrogen-bond acceptors (Lipinski definition) is 0. The van der Waals surface area contributed by atoms with Crippen molar-refractivity contribution in [2.75, 3.05) is 0 Å². The first-order valence-electron chi connectivity index (χ1n) is 7.97. The van der Waals surface area contributed by atoms with Gasteiger partial charge in [0.1, 0.15) is 6.17 Å². The first-order valence-corrected chi connectivity index (χ1v) is 7.97. The van der Waals surface area contributed by atoms with Gasteiger partial charge < -0.3 is 0 Å². The average molecular weight is 272 g/mol. The Morgan fingerprint density at radius 2 is 1.95 bits per heavy atom. The molecule has 20 heavy (non-hydrogen) atoms. The Kier molecular flexibility index (Phi) is 3.96. The van der Waals surface area contributed by atoms with Crippen LogP contribution in [0.1, 0.15) is 46.0 Å². The summed E-state index contributed by atoms with van der Waals surface area (Å²) in [5, 5.41) is 0. The van der Waals surface area contributed by atoms with E-state index in [1.54, 1.807) is 11.6 Å². The van der Waals surface area contributed by atoms with Crippen molar-refractivity contribution in [1.82, 2.24) is 0 Å². The Labute approximate surface area is 122 Å². The third-order valence-corrected chi connectivity index (χ3v) is 5.20. The maximum atomic E-state index is 13.6. The highest BCUT2D eigenvalue weighted by Gasteiger charge is 2.35. The molecule has 0 saturated heterocycles. The number of allylic oxidation sites excluding steroid dienone is 8. The summed E-state index contributed by atoms with van der Waals surface area (Å²) in [6.07, 6.45) is 15.6. The largest absolute Gasteiger partial charge is 0.243 e. The highest BCUT2D eigenvalue weighted by molar-refractivity contribution is 5.28. The summed E-state index contributed by atoms with van der Waals surface area (Å²) in [5.41, 5.74) is 4.55. The average Bonchev–Trinajstić information content (AvgIpc) is 3.02. The van der Waals surface area contributed by atoms with E-state index in [1.807, 2.05) is 0 Å². The number of hydrogen-bond donors (Lipinski definition) is 0. The first-order chi connectivity index (χ1) is 9.63. The van der Waals surface area contributed by atoms with E-state index in [4.69, 9.17) is 0 Å². The van der Waals surface area contributed by atoms with Crippen molar-refractivity contribution in [3.63, 3.8) is 0 Å². The standard InChI is InChI=1S/C19H25F/c1-13-3-6-15(7-4-13)19(16-8-5-14(2)11-16)17-9-10-18(20)12-17/h3,5-6,9-10,16-19H,4,7-8,11-12H2,1-2H3. The van der Waals surface area contributed by atoms with Crippen LogP contribution in [0.5, 0.6) is 0 Å². The quantitative estimate of drug-likeness (QED) is 0.592. The van der Waals surface area contributed by atoms with E-state index in [1.165, 1.54) is 36.8 Å². The molecule has 0 spiro atoms. The molecule has 0 aromatic carbocycles. The van der Waals surface area contributed by atoms with Gasteiger partial charge >= 0.3 is 0 Å². The summed E-state index contributed by atoms with van der Waals surface area (Å²) in [7, 11) is 0. The van der Waals surface area contributed by atoms with Gasteiger partial charge in [0.15, 0.2) is 0 Å². The lowest BCUT2D eigenvalue weighted by Crippen LogP contribution is -2.24. The lowest BCUT2D eigenvalue weighted by molar-refractivity contribution is 0.267. The molecule has 0 radical (unpaired) electrons. The van der Waals surface area contributed by atoms with Crippen molar-refractivity contribution in [2.45, 2.75) is 52.1 Å². The molecule has 4 unspecified atom stereocenters. The van der Waals surface area contributed by atoms with Crippen LogP contribution < -0.4 is 0 Å². The van der Waals surface area contributed by atoms with E-state index in [2.05, 4.69) is 38.2 Å². The van der Waals surface area contributed by atoms with Gasteiger partial charge in [0.25, 0.3) is 0 Å². The van der Waals surface area contributed by atoms with Crippen molar-refractivity contribution < 1.29 is 4.39 Å². The summed E-state index contributed by atoms with van der Waals surface area (Å²) < 4.78 is 13.6. The van der Waals surface area contributed by atoms with Crippen LogP contribution in [0.3, 0.4) is 0 Å².